The van der Waals surface area contributed by atoms with E-state index in [1.165, 1.54) is 0 Å². The van der Waals surface area contributed by atoms with E-state index >= 15 is 0 Å². The maximum atomic E-state index is 6.00. The smallest absolute Gasteiger partial charge is 0.214 e. The van der Waals surface area contributed by atoms with Gasteiger partial charge < -0.3 is 24.3 Å². The molecular formula is C23H26N2O4. The van der Waals surface area contributed by atoms with Crippen molar-refractivity contribution in [2.24, 2.45) is 0 Å². The number of anilines is 1. The Kier molecular flexibility index (Phi) is 6.44. The number of aromatic nitrogens is 1. The molecule has 0 saturated carbocycles. The van der Waals surface area contributed by atoms with Crippen LogP contribution in [0.5, 0.6) is 23.1 Å². The van der Waals surface area contributed by atoms with Gasteiger partial charge in [0.15, 0.2) is 11.5 Å². The lowest BCUT2D eigenvalue weighted by Crippen LogP contribution is -2.04. The predicted octanol–water partition coefficient (Wildman–Crippen LogP) is 4.70. The topological polar surface area (TPSA) is 61.8 Å². The van der Waals surface area contributed by atoms with Crippen LogP contribution in [0, 0.1) is 6.92 Å². The highest BCUT2D eigenvalue weighted by atomic mass is 16.5. The minimum Gasteiger partial charge on any atom is -0.493 e. The number of nitrogens with zero attached hydrogens (tertiary/aromatic N) is 1. The van der Waals surface area contributed by atoms with E-state index in [-0.39, 0.29) is 0 Å². The molecule has 152 valence electrons. The SMILES string of the molecule is CNc1cccc(C)c1COc1cccc(-c2ccc(OC)c(OC)c2OC)n1. The zero-order chi connectivity index (χ0) is 20.8. The van der Waals surface area contributed by atoms with Gasteiger partial charge in [0.05, 0.1) is 27.0 Å². The highest BCUT2D eigenvalue weighted by molar-refractivity contribution is 5.74. The Morgan fingerprint density at radius 1 is 0.862 bits per heavy atom. The normalized spacial score (nSPS) is 10.4. The molecule has 0 bridgehead atoms. The van der Waals surface area contributed by atoms with E-state index in [1.807, 2.05) is 49.5 Å². The molecule has 0 unspecified atom stereocenters. The summed E-state index contributed by atoms with van der Waals surface area (Å²) in [5.41, 5.74) is 4.82. The van der Waals surface area contributed by atoms with E-state index in [2.05, 4.69) is 23.3 Å². The van der Waals surface area contributed by atoms with Crippen LogP contribution < -0.4 is 24.3 Å². The Morgan fingerprint density at radius 3 is 2.31 bits per heavy atom. The second-order valence-corrected chi connectivity index (χ2v) is 6.38. The minimum atomic E-state index is 0.419. The van der Waals surface area contributed by atoms with Crippen LogP contribution in [0.4, 0.5) is 5.69 Å². The predicted molar refractivity (Wildman–Crippen MR) is 114 cm³/mol. The van der Waals surface area contributed by atoms with Crippen molar-refractivity contribution < 1.29 is 18.9 Å². The average Bonchev–Trinajstić information content (AvgIpc) is 2.76. The molecule has 0 aliphatic rings. The molecule has 0 fully saturated rings. The number of rotatable bonds is 8. The van der Waals surface area contributed by atoms with Gasteiger partial charge in [0, 0.05) is 29.9 Å². The van der Waals surface area contributed by atoms with Gasteiger partial charge in [0.2, 0.25) is 11.6 Å². The monoisotopic (exact) mass is 394 g/mol. The van der Waals surface area contributed by atoms with Crippen LogP contribution in [0.15, 0.2) is 48.5 Å². The first kappa shape index (κ1) is 20.3. The number of ether oxygens (including phenoxy) is 4. The van der Waals surface area contributed by atoms with Crippen LogP contribution in [0.3, 0.4) is 0 Å². The van der Waals surface area contributed by atoms with Crippen molar-refractivity contribution in [2.75, 3.05) is 33.7 Å². The van der Waals surface area contributed by atoms with Crippen molar-refractivity contribution in [2.45, 2.75) is 13.5 Å². The summed E-state index contributed by atoms with van der Waals surface area (Å²) in [7, 11) is 6.67. The Labute approximate surface area is 171 Å². The molecule has 1 heterocycles. The molecule has 2 aromatic carbocycles. The van der Waals surface area contributed by atoms with Crippen LogP contribution in [0.25, 0.3) is 11.3 Å². The van der Waals surface area contributed by atoms with E-state index in [4.69, 9.17) is 18.9 Å². The fraction of sp³-hybridized carbons (Fsp3) is 0.261. The largest absolute Gasteiger partial charge is 0.493 e. The summed E-state index contributed by atoms with van der Waals surface area (Å²) in [4.78, 5) is 4.66. The Balaban J connectivity index is 1.91. The number of benzene rings is 2. The van der Waals surface area contributed by atoms with E-state index in [9.17, 15) is 0 Å². The second kappa shape index (κ2) is 9.19. The molecular weight excluding hydrogens is 368 g/mol. The molecule has 1 N–H and O–H groups in total. The van der Waals surface area contributed by atoms with Crippen molar-refractivity contribution in [3.8, 4) is 34.4 Å². The van der Waals surface area contributed by atoms with Gasteiger partial charge in [-0.15, -0.1) is 0 Å². The first-order valence-electron chi connectivity index (χ1n) is 9.28. The Bertz CT molecular complexity index is 989. The number of methoxy groups -OCH3 is 3. The van der Waals surface area contributed by atoms with Crippen LogP contribution >= 0.6 is 0 Å². The van der Waals surface area contributed by atoms with Crippen molar-refractivity contribution >= 4 is 5.69 Å². The van der Waals surface area contributed by atoms with Gasteiger partial charge in [-0.25, -0.2) is 4.98 Å². The molecule has 0 atom stereocenters. The first-order valence-corrected chi connectivity index (χ1v) is 9.28. The molecule has 6 nitrogen and oxygen atoms in total. The summed E-state index contributed by atoms with van der Waals surface area (Å²) >= 11 is 0. The van der Waals surface area contributed by atoms with Gasteiger partial charge >= 0.3 is 0 Å². The summed E-state index contributed by atoms with van der Waals surface area (Å²) in [6.07, 6.45) is 0. The van der Waals surface area contributed by atoms with Gasteiger partial charge in [-0.2, -0.15) is 0 Å². The summed E-state index contributed by atoms with van der Waals surface area (Å²) in [5, 5.41) is 3.21. The second-order valence-electron chi connectivity index (χ2n) is 6.38. The van der Waals surface area contributed by atoms with Crippen LogP contribution in [0.1, 0.15) is 11.1 Å². The summed E-state index contributed by atoms with van der Waals surface area (Å²) in [5.74, 6) is 2.22. The molecule has 0 amide bonds. The Hall–Kier alpha value is -3.41. The van der Waals surface area contributed by atoms with Crippen LogP contribution in [-0.2, 0) is 6.61 Å². The lowest BCUT2D eigenvalue weighted by Gasteiger charge is -2.16. The lowest BCUT2D eigenvalue weighted by molar-refractivity contribution is 0.294. The molecule has 0 aliphatic heterocycles. The molecule has 0 saturated heterocycles. The van der Waals surface area contributed by atoms with E-state index < -0.39 is 0 Å². The van der Waals surface area contributed by atoms with Crippen molar-refractivity contribution in [1.82, 2.24) is 4.98 Å². The molecule has 6 heteroatoms. The minimum absolute atomic E-state index is 0.419. The van der Waals surface area contributed by atoms with Gasteiger partial charge in [-0.1, -0.05) is 18.2 Å². The van der Waals surface area contributed by atoms with Crippen molar-refractivity contribution in [3.05, 3.63) is 59.7 Å². The number of nitrogens with one attached hydrogen (secondary N) is 1. The number of hydrogen-bond donors (Lipinski definition) is 1. The summed E-state index contributed by atoms with van der Waals surface area (Å²) < 4.78 is 22.4. The average molecular weight is 394 g/mol. The van der Waals surface area contributed by atoms with E-state index in [0.29, 0.717) is 29.7 Å². The highest BCUT2D eigenvalue weighted by Gasteiger charge is 2.18. The van der Waals surface area contributed by atoms with Gasteiger partial charge in [-0.05, 0) is 36.8 Å². The van der Waals surface area contributed by atoms with E-state index in [0.717, 1.165) is 28.1 Å². The third-order valence-corrected chi connectivity index (χ3v) is 4.75. The standard InChI is InChI=1S/C23H26N2O4/c1-15-8-6-9-18(24-2)17(15)14-29-21-11-7-10-19(25-21)16-12-13-20(26-3)23(28-5)22(16)27-4/h6-13,24H,14H2,1-5H3. The maximum Gasteiger partial charge on any atom is 0.214 e. The van der Waals surface area contributed by atoms with Crippen LogP contribution in [-0.4, -0.2) is 33.4 Å². The third kappa shape index (κ3) is 4.21. The van der Waals surface area contributed by atoms with Crippen molar-refractivity contribution in [3.63, 3.8) is 0 Å². The van der Waals surface area contributed by atoms with Crippen molar-refractivity contribution in [1.29, 1.82) is 0 Å². The third-order valence-electron chi connectivity index (χ3n) is 4.75. The molecule has 0 spiro atoms. The summed E-state index contributed by atoms with van der Waals surface area (Å²) in [6, 6.07) is 15.5. The number of aryl methyl sites for hydroxylation is 1. The molecule has 3 rings (SSSR count). The molecule has 0 radical (unpaired) electrons. The Morgan fingerprint density at radius 2 is 1.62 bits per heavy atom. The van der Waals surface area contributed by atoms with E-state index in [1.54, 1.807) is 21.3 Å². The van der Waals surface area contributed by atoms with Gasteiger partial charge in [0.25, 0.3) is 0 Å². The van der Waals surface area contributed by atoms with Gasteiger partial charge in [-0.3, -0.25) is 0 Å². The molecule has 1 aromatic heterocycles. The molecule has 0 aliphatic carbocycles. The fourth-order valence-electron chi connectivity index (χ4n) is 3.22. The number of hydrogen-bond acceptors (Lipinski definition) is 6. The summed E-state index contributed by atoms with van der Waals surface area (Å²) in [6.45, 7) is 2.49. The first-order chi connectivity index (χ1) is 14.1. The lowest BCUT2D eigenvalue weighted by atomic mass is 10.1. The van der Waals surface area contributed by atoms with Crippen LogP contribution in [0.2, 0.25) is 0 Å². The molecule has 3 aromatic rings. The highest BCUT2D eigenvalue weighted by Crippen LogP contribution is 2.43. The van der Waals surface area contributed by atoms with Gasteiger partial charge in [0.1, 0.15) is 6.61 Å². The molecule has 29 heavy (non-hydrogen) atoms. The zero-order valence-electron chi connectivity index (χ0n) is 17.4. The maximum absolute atomic E-state index is 6.00. The number of pyridine rings is 1. The quantitative estimate of drug-likeness (QED) is 0.597. The zero-order valence-corrected chi connectivity index (χ0v) is 17.4. The fourth-order valence-corrected chi connectivity index (χ4v) is 3.22.